The van der Waals surface area contributed by atoms with E-state index < -0.39 is 29.5 Å². The number of rotatable bonds is 7. The Kier molecular flexibility index (Phi) is 6.52. The Morgan fingerprint density at radius 3 is 2.48 bits per heavy atom. The number of benzene rings is 1. The fourth-order valence-corrected chi connectivity index (χ4v) is 2.93. The van der Waals surface area contributed by atoms with Crippen LogP contribution in [0.3, 0.4) is 0 Å². The van der Waals surface area contributed by atoms with Gasteiger partial charge in [-0.25, -0.2) is 9.37 Å². The maximum Gasteiger partial charge on any atom is 0.417 e. The van der Waals surface area contributed by atoms with E-state index in [-0.39, 0.29) is 23.7 Å². The molecule has 1 amide bonds. The number of carbonyl (C=O) groups is 1. The molecular weight excluding hydrogens is 418 g/mol. The van der Waals surface area contributed by atoms with E-state index in [4.69, 9.17) is 4.74 Å². The molecule has 0 aliphatic carbocycles. The lowest BCUT2D eigenvalue weighted by Gasteiger charge is -2.28. The summed E-state index contributed by atoms with van der Waals surface area (Å²) < 4.78 is 57.1. The Morgan fingerprint density at radius 2 is 1.90 bits per heavy atom. The van der Waals surface area contributed by atoms with Gasteiger partial charge in [-0.15, -0.1) is 0 Å². The van der Waals surface area contributed by atoms with Crippen molar-refractivity contribution in [1.29, 1.82) is 0 Å². The van der Waals surface area contributed by atoms with E-state index in [2.05, 4.69) is 15.2 Å². The second-order valence-electron chi connectivity index (χ2n) is 6.61. The number of ether oxygens (including phenoxy) is 1. The summed E-state index contributed by atoms with van der Waals surface area (Å²) in [4.78, 5) is 19.4. The molecule has 0 fully saturated rings. The van der Waals surface area contributed by atoms with E-state index >= 15 is 0 Å². The van der Waals surface area contributed by atoms with Crippen molar-refractivity contribution < 1.29 is 27.1 Å². The number of pyridine rings is 1. The quantitative estimate of drug-likeness (QED) is 0.527. The van der Waals surface area contributed by atoms with Gasteiger partial charge in [0.15, 0.2) is 0 Å². The van der Waals surface area contributed by atoms with E-state index in [0.717, 1.165) is 23.0 Å². The first-order valence-electron chi connectivity index (χ1n) is 9.34. The second kappa shape index (κ2) is 9.11. The van der Waals surface area contributed by atoms with Crippen LogP contribution in [0.4, 0.5) is 17.6 Å². The minimum atomic E-state index is -4.49. The number of carbonyl (C=O) groups excluding carboxylic acids is 1. The van der Waals surface area contributed by atoms with Crippen LogP contribution >= 0.6 is 0 Å². The van der Waals surface area contributed by atoms with Gasteiger partial charge in [0.2, 0.25) is 5.88 Å². The Bertz CT molecular complexity index is 1020. The van der Waals surface area contributed by atoms with E-state index in [1.54, 1.807) is 13.8 Å². The highest BCUT2D eigenvalue weighted by molar-refractivity contribution is 5.97. The van der Waals surface area contributed by atoms with Crippen molar-refractivity contribution >= 4 is 5.91 Å². The first-order valence-corrected chi connectivity index (χ1v) is 9.34. The van der Waals surface area contributed by atoms with Crippen molar-refractivity contribution in [3.8, 4) is 11.6 Å². The average Bonchev–Trinajstić information content (AvgIpc) is 3.27. The number of halogens is 4. The van der Waals surface area contributed by atoms with Crippen LogP contribution in [0.2, 0.25) is 0 Å². The van der Waals surface area contributed by atoms with Crippen LogP contribution in [0.1, 0.15) is 29.8 Å². The molecule has 2 heterocycles. The molecule has 0 saturated heterocycles. The molecule has 1 aromatic carbocycles. The van der Waals surface area contributed by atoms with Crippen LogP contribution in [0, 0.1) is 5.82 Å². The normalized spacial score (nSPS) is 12.5. The van der Waals surface area contributed by atoms with Crippen molar-refractivity contribution in [2.45, 2.75) is 26.1 Å². The smallest absolute Gasteiger partial charge is 0.417 e. The van der Waals surface area contributed by atoms with Gasteiger partial charge in [-0.2, -0.15) is 28.2 Å². The lowest BCUT2D eigenvalue weighted by atomic mass is 10.1. The van der Waals surface area contributed by atoms with E-state index in [1.807, 2.05) is 0 Å². The molecule has 2 aromatic heterocycles. The minimum Gasteiger partial charge on any atom is -0.475 e. The second-order valence-corrected chi connectivity index (χ2v) is 6.61. The zero-order valence-corrected chi connectivity index (χ0v) is 16.7. The van der Waals surface area contributed by atoms with Crippen molar-refractivity contribution in [3.05, 3.63) is 65.9 Å². The number of amides is 1. The monoisotopic (exact) mass is 437 g/mol. The Hall–Kier alpha value is -3.50. The molecule has 3 aromatic rings. The molecule has 11 heteroatoms. The summed E-state index contributed by atoms with van der Waals surface area (Å²) >= 11 is 0. The lowest BCUT2D eigenvalue weighted by molar-refractivity contribution is -0.137. The summed E-state index contributed by atoms with van der Waals surface area (Å²) in [5.41, 5.74) is -0.501. The minimum absolute atomic E-state index is 0.00546. The number of likely N-dealkylation sites (N-methyl/N-ethyl adjacent to an activating group) is 1. The maximum absolute atomic E-state index is 13.8. The highest BCUT2D eigenvalue weighted by Crippen LogP contribution is 2.29. The number of nitrogens with zero attached hydrogens (tertiary/aromatic N) is 5. The summed E-state index contributed by atoms with van der Waals surface area (Å²) in [5.74, 6) is -0.936. The summed E-state index contributed by atoms with van der Waals surface area (Å²) in [7, 11) is 0. The van der Waals surface area contributed by atoms with Crippen LogP contribution < -0.4 is 4.74 Å². The van der Waals surface area contributed by atoms with Crippen LogP contribution in [0.5, 0.6) is 5.88 Å². The summed E-state index contributed by atoms with van der Waals surface area (Å²) in [6.45, 7) is 3.79. The molecule has 0 aliphatic rings. The molecule has 0 radical (unpaired) electrons. The third-order valence-corrected chi connectivity index (χ3v) is 4.49. The number of hydrogen-bond donors (Lipinski definition) is 0. The molecule has 3 rings (SSSR count). The van der Waals surface area contributed by atoms with E-state index in [0.29, 0.717) is 12.7 Å². The zero-order chi connectivity index (χ0) is 22.6. The molecule has 0 bridgehead atoms. The lowest BCUT2D eigenvalue weighted by Crippen LogP contribution is -2.42. The topological polar surface area (TPSA) is 73.1 Å². The van der Waals surface area contributed by atoms with Crippen LogP contribution in [-0.4, -0.2) is 50.0 Å². The molecule has 0 spiro atoms. The molecular formula is C20H19F4N5O2. The molecule has 31 heavy (non-hydrogen) atoms. The highest BCUT2D eigenvalue weighted by Gasteiger charge is 2.31. The Morgan fingerprint density at radius 1 is 1.19 bits per heavy atom. The first-order chi connectivity index (χ1) is 14.7. The molecule has 1 atom stereocenters. The fourth-order valence-electron chi connectivity index (χ4n) is 2.93. The third-order valence-electron chi connectivity index (χ3n) is 4.49. The van der Waals surface area contributed by atoms with Gasteiger partial charge in [0.05, 0.1) is 29.6 Å². The van der Waals surface area contributed by atoms with Gasteiger partial charge in [0.1, 0.15) is 18.1 Å². The van der Waals surface area contributed by atoms with Gasteiger partial charge in [-0.3, -0.25) is 4.79 Å². The number of aromatic nitrogens is 4. The molecule has 7 nitrogen and oxygen atoms in total. The predicted molar refractivity (Wildman–Crippen MR) is 102 cm³/mol. The van der Waals surface area contributed by atoms with Gasteiger partial charge in [-0.1, -0.05) is 0 Å². The average molecular weight is 437 g/mol. The van der Waals surface area contributed by atoms with Crippen molar-refractivity contribution in [1.82, 2.24) is 24.9 Å². The number of hydrogen-bond acceptors (Lipinski definition) is 5. The van der Waals surface area contributed by atoms with Gasteiger partial charge >= 0.3 is 6.18 Å². The van der Waals surface area contributed by atoms with Gasteiger partial charge < -0.3 is 9.64 Å². The van der Waals surface area contributed by atoms with E-state index in [9.17, 15) is 22.4 Å². The van der Waals surface area contributed by atoms with Crippen molar-refractivity contribution in [3.63, 3.8) is 0 Å². The molecule has 0 saturated carbocycles. The Labute approximate surface area is 175 Å². The van der Waals surface area contributed by atoms with Crippen LogP contribution in [0.15, 0.2) is 48.9 Å². The van der Waals surface area contributed by atoms with Crippen LogP contribution in [-0.2, 0) is 6.18 Å². The molecule has 164 valence electrons. The summed E-state index contributed by atoms with van der Waals surface area (Å²) in [6, 6.07) is 5.22. The fraction of sp³-hybridized carbons (Fsp3) is 0.300. The summed E-state index contributed by atoms with van der Waals surface area (Å²) in [6.07, 6.45) is -0.986. The molecule has 1 unspecified atom stereocenters. The van der Waals surface area contributed by atoms with Gasteiger partial charge in [0, 0.05) is 24.9 Å². The van der Waals surface area contributed by atoms with Gasteiger partial charge in [0.25, 0.3) is 5.91 Å². The summed E-state index contributed by atoms with van der Waals surface area (Å²) in [5, 5.41) is 7.91. The first kappa shape index (κ1) is 22.2. The van der Waals surface area contributed by atoms with Crippen LogP contribution in [0.25, 0.3) is 5.69 Å². The van der Waals surface area contributed by atoms with Crippen molar-refractivity contribution in [2.24, 2.45) is 0 Å². The molecule has 0 aliphatic heterocycles. The van der Waals surface area contributed by atoms with Gasteiger partial charge in [-0.05, 0) is 32.0 Å². The highest BCUT2D eigenvalue weighted by atomic mass is 19.4. The SMILES string of the molecule is CCN(C(=O)c1ccc(F)cc1-n1nccn1)C(C)COc1ccc(C(F)(F)F)cn1. The number of alkyl halides is 3. The van der Waals surface area contributed by atoms with Crippen molar-refractivity contribution in [2.75, 3.05) is 13.2 Å². The standard InChI is InChI=1S/C20H19F4N5O2/c1-3-28(13(2)12-31-18-7-4-14(11-25-18)20(22,23)24)19(30)16-6-5-15(21)10-17(16)29-26-8-9-27-29/h4-11,13H,3,12H2,1-2H3. The maximum atomic E-state index is 13.8. The Balaban J connectivity index is 1.74. The molecule has 0 N–H and O–H groups in total. The third kappa shape index (κ3) is 5.16. The largest absolute Gasteiger partial charge is 0.475 e. The predicted octanol–water partition coefficient (Wildman–Crippen LogP) is 3.75. The van der Waals surface area contributed by atoms with E-state index in [1.165, 1.54) is 29.4 Å². The zero-order valence-electron chi connectivity index (χ0n) is 16.7.